The van der Waals surface area contributed by atoms with E-state index in [4.69, 9.17) is 16.3 Å². The van der Waals surface area contributed by atoms with Crippen molar-refractivity contribution in [1.82, 2.24) is 19.9 Å². The summed E-state index contributed by atoms with van der Waals surface area (Å²) in [7, 11) is 0. The number of nitrogens with one attached hydrogen (secondary N) is 1. The second-order valence-corrected chi connectivity index (χ2v) is 7.88. The number of halogens is 2. The molecule has 8 heteroatoms. The lowest BCUT2D eigenvalue weighted by atomic mass is 10.2. The number of hydrogen-bond donors (Lipinski definition) is 1. The van der Waals surface area contributed by atoms with Crippen molar-refractivity contribution in [3.8, 4) is 0 Å². The highest BCUT2D eigenvalue weighted by Crippen LogP contribution is 2.27. The van der Waals surface area contributed by atoms with E-state index in [1.807, 2.05) is 31.5 Å². The first kappa shape index (κ1) is 19.0. The topological polar surface area (TPSA) is 69.0 Å². The molecule has 2 heterocycles. The normalized spacial score (nSPS) is 12.9. The van der Waals surface area contributed by atoms with Crippen LogP contribution in [0.15, 0.2) is 25.2 Å². The Morgan fingerprint density at radius 1 is 1.54 bits per heavy atom. The maximum absolute atomic E-state index is 12.0. The Hall–Kier alpha value is -1.35. The van der Waals surface area contributed by atoms with Crippen LogP contribution in [-0.4, -0.2) is 32.3 Å². The number of carbonyl (C=O) groups is 1. The van der Waals surface area contributed by atoms with Crippen LogP contribution in [0.5, 0.6) is 0 Å². The molecule has 0 radical (unpaired) electrons. The van der Waals surface area contributed by atoms with Crippen LogP contribution >= 0.6 is 34.2 Å². The van der Waals surface area contributed by atoms with E-state index < -0.39 is 11.7 Å². The van der Waals surface area contributed by atoms with Crippen molar-refractivity contribution >= 4 is 51.3 Å². The molecule has 0 aliphatic rings. The molecule has 2 aromatic rings. The molecule has 0 aliphatic carbocycles. The fraction of sp³-hybridized carbons (Fsp3) is 0.438. The third-order valence-corrected chi connectivity index (χ3v) is 4.25. The summed E-state index contributed by atoms with van der Waals surface area (Å²) < 4.78 is 8.24. The lowest BCUT2D eigenvalue weighted by molar-refractivity contribution is 0.0500. The van der Waals surface area contributed by atoms with Gasteiger partial charge in [0.05, 0.1) is 11.4 Å². The van der Waals surface area contributed by atoms with E-state index in [2.05, 4.69) is 44.5 Å². The minimum atomic E-state index is -0.543. The summed E-state index contributed by atoms with van der Waals surface area (Å²) in [5, 5.41) is 4.11. The van der Waals surface area contributed by atoms with Crippen LogP contribution < -0.4 is 5.32 Å². The molecule has 0 aliphatic heterocycles. The Balaban J connectivity index is 2.21. The van der Waals surface area contributed by atoms with Crippen LogP contribution in [0.1, 0.15) is 27.2 Å². The predicted molar refractivity (Wildman–Crippen MR) is 103 cm³/mol. The molecule has 2 rings (SSSR count). The summed E-state index contributed by atoms with van der Waals surface area (Å²) in [6.45, 7) is 9.77. The van der Waals surface area contributed by atoms with Gasteiger partial charge in [0.2, 0.25) is 0 Å². The first-order valence-electron chi connectivity index (χ1n) is 7.46. The van der Waals surface area contributed by atoms with Gasteiger partial charge in [-0.2, -0.15) is 0 Å². The summed E-state index contributed by atoms with van der Waals surface area (Å²) in [6, 6.07) is -0.169. The summed E-state index contributed by atoms with van der Waals surface area (Å²) in [4.78, 5) is 20.4. The van der Waals surface area contributed by atoms with Crippen molar-refractivity contribution in [2.24, 2.45) is 0 Å². The number of rotatable bonds is 5. The predicted octanol–water partition coefficient (Wildman–Crippen LogP) is 4.16. The Labute approximate surface area is 159 Å². The highest BCUT2D eigenvalue weighted by Gasteiger charge is 2.20. The SMILES string of the molecule is C=CC[C@@H](Cn1cc(I)c2c(Cl)ncnc21)NC(=O)OC(C)(C)C. The van der Waals surface area contributed by atoms with Crippen molar-refractivity contribution in [3.63, 3.8) is 0 Å². The number of nitrogens with zero attached hydrogens (tertiary/aromatic N) is 3. The lowest BCUT2D eigenvalue weighted by Gasteiger charge is -2.23. The summed E-state index contributed by atoms with van der Waals surface area (Å²) in [5.41, 5.74) is 0.193. The molecule has 0 spiro atoms. The molecule has 0 saturated heterocycles. The molecule has 2 aromatic heterocycles. The fourth-order valence-corrected chi connectivity index (χ4v) is 3.49. The average molecular weight is 463 g/mol. The maximum Gasteiger partial charge on any atom is 0.407 e. The van der Waals surface area contributed by atoms with Gasteiger partial charge >= 0.3 is 6.09 Å². The van der Waals surface area contributed by atoms with E-state index in [-0.39, 0.29) is 6.04 Å². The Bertz CT molecular complexity index is 754. The monoisotopic (exact) mass is 462 g/mol. The van der Waals surface area contributed by atoms with Gasteiger partial charge in [-0.05, 0) is 49.8 Å². The second kappa shape index (κ2) is 7.69. The zero-order valence-electron chi connectivity index (χ0n) is 13.8. The second-order valence-electron chi connectivity index (χ2n) is 6.36. The Kier molecular flexibility index (Phi) is 6.08. The van der Waals surface area contributed by atoms with Crippen molar-refractivity contribution in [3.05, 3.63) is 33.9 Å². The van der Waals surface area contributed by atoms with Crippen LogP contribution in [0.2, 0.25) is 5.15 Å². The molecule has 0 unspecified atom stereocenters. The summed E-state index contributed by atoms with van der Waals surface area (Å²) >= 11 is 8.35. The molecular weight excluding hydrogens is 443 g/mol. The summed E-state index contributed by atoms with van der Waals surface area (Å²) in [5.74, 6) is 0. The van der Waals surface area contributed by atoms with Crippen molar-refractivity contribution < 1.29 is 9.53 Å². The van der Waals surface area contributed by atoms with Crippen LogP contribution in [0.4, 0.5) is 4.79 Å². The molecule has 24 heavy (non-hydrogen) atoms. The number of fused-ring (bicyclic) bond motifs is 1. The molecule has 1 amide bonds. The number of hydrogen-bond acceptors (Lipinski definition) is 4. The van der Waals surface area contributed by atoms with Gasteiger partial charge in [-0.1, -0.05) is 17.7 Å². The number of ether oxygens (including phenoxy) is 1. The average Bonchev–Trinajstić information content (AvgIpc) is 2.74. The lowest BCUT2D eigenvalue weighted by Crippen LogP contribution is -2.41. The highest BCUT2D eigenvalue weighted by atomic mass is 127. The first-order chi connectivity index (χ1) is 11.2. The van der Waals surface area contributed by atoms with E-state index in [1.165, 1.54) is 6.33 Å². The maximum atomic E-state index is 12.0. The molecule has 6 nitrogen and oxygen atoms in total. The molecule has 0 bridgehead atoms. The van der Waals surface area contributed by atoms with Gasteiger partial charge in [0, 0.05) is 16.3 Å². The van der Waals surface area contributed by atoms with Gasteiger partial charge in [0.25, 0.3) is 0 Å². The van der Waals surface area contributed by atoms with Gasteiger partial charge in [-0.3, -0.25) is 0 Å². The van der Waals surface area contributed by atoms with Gasteiger partial charge < -0.3 is 14.6 Å². The largest absolute Gasteiger partial charge is 0.444 e. The van der Waals surface area contributed by atoms with Gasteiger partial charge in [0.15, 0.2) is 0 Å². The number of alkyl carbamates (subject to hydrolysis) is 1. The molecule has 0 saturated carbocycles. The molecule has 0 aromatic carbocycles. The van der Waals surface area contributed by atoms with Crippen molar-refractivity contribution in [1.29, 1.82) is 0 Å². The minimum absolute atomic E-state index is 0.169. The molecule has 130 valence electrons. The number of amides is 1. The Morgan fingerprint density at radius 3 is 2.88 bits per heavy atom. The standard InChI is InChI=1S/C16H20ClIN4O2/c1-5-6-10(21-15(23)24-16(2,3)4)7-22-8-11(18)12-13(17)19-9-20-14(12)22/h5,8-10H,1,6-7H2,2-4H3,(H,21,23)/t10-/m0/s1. The van der Waals surface area contributed by atoms with Gasteiger partial charge in [-0.25, -0.2) is 14.8 Å². The minimum Gasteiger partial charge on any atom is -0.444 e. The third-order valence-electron chi connectivity index (χ3n) is 3.15. The van der Waals surface area contributed by atoms with Crippen LogP contribution in [0.3, 0.4) is 0 Å². The highest BCUT2D eigenvalue weighted by molar-refractivity contribution is 14.1. The molecule has 1 atom stereocenters. The van der Waals surface area contributed by atoms with Crippen LogP contribution in [0, 0.1) is 3.57 Å². The third kappa shape index (κ3) is 4.83. The van der Waals surface area contributed by atoms with E-state index in [0.717, 1.165) is 14.6 Å². The Morgan fingerprint density at radius 2 is 2.25 bits per heavy atom. The van der Waals surface area contributed by atoms with Gasteiger partial charge in [-0.15, -0.1) is 6.58 Å². The molecular formula is C16H20ClIN4O2. The van der Waals surface area contributed by atoms with Crippen LogP contribution in [0.25, 0.3) is 11.0 Å². The smallest absolute Gasteiger partial charge is 0.407 e. The zero-order chi connectivity index (χ0) is 17.9. The number of carbonyl (C=O) groups excluding carboxylic acids is 1. The van der Waals surface area contributed by atoms with Crippen LogP contribution in [-0.2, 0) is 11.3 Å². The van der Waals surface area contributed by atoms with Crippen molar-refractivity contribution in [2.45, 2.75) is 45.4 Å². The van der Waals surface area contributed by atoms with E-state index in [1.54, 1.807) is 6.08 Å². The van der Waals surface area contributed by atoms with E-state index in [0.29, 0.717) is 18.1 Å². The fourth-order valence-electron chi connectivity index (χ4n) is 2.27. The summed E-state index contributed by atoms with van der Waals surface area (Å²) in [6.07, 6.45) is 5.29. The zero-order valence-corrected chi connectivity index (χ0v) is 16.8. The number of aromatic nitrogens is 3. The van der Waals surface area contributed by atoms with Crippen molar-refractivity contribution in [2.75, 3.05) is 0 Å². The van der Waals surface area contributed by atoms with E-state index in [9.17, 15) is 4.79 Å². The van der Waals surface area contributed by atoms with Gasteiger partial charge in [0.1, 0.15) is 22.7 Å². The molecule has 1 N–H and O–H groups in total. The molecule has 0 fully saturated rings. The van der Waals surface area contributed by atoms with E-state index >= 15 is 0 Å². The quantitative estimate of drug-likeness (QED) is 0.412. The first-order valence-corrected chi connectivity index (χ1v) is 8.92.